The summed E-state index contributed by atoms with van der Waals surface area (Å²) in [6.45, 7) is 3.70. The summed E-state index contributed by atoms with van der Waals surface area (Å²) < 4.78 is 7.09. The zero-order valence-corrected chi connectivity index (χ0v) is 15.7. The molecule has 1 atom stereocenters. The van der Waals surface area contributed by atoms with Gasteiger partial charge >= 0.3 is 0 Å². The van der Waals surface area contributed by atoms with Crippen LogP contribution in [-0.2, 0) is 6.42 Å². The molecule has 0 bridgehead atoms. The Morgan fingerprint density at radius 3 is 2.89 bits per heavy atom. The van der Waals surface area contributed by atoms with Crippen molar-refractivity contribution >= 4 is 5.91 Å². The van der Waals surface area contributed by atoms with Gasteiger partial charge in [0.2, 0.25) is 5.89 Å². The SMILES string of the molecule is CC(NC(=O)c1cn(C2CCNCC2)nn1)c1nc(Cc2ccccc2)no1. The van der Waals surface area contributed by atoms with E-state index in [-0.39, 0.29) is 17.6 Å². The van der Waals surface area contributed by atoms with Crippen LogP contribution in [0.3, 0.4) is 0 Å². The minimum atomic E-state index is -0.423. The summed E-state index contributed by atoms with van der Waals surface area (Å²) in [5.74, 6) is 0.639. The number of aromatic nitrogens is 5. The molecule has 9 nitrogen and oxygen atoms in total. The van der Waals surface area contributed by atoms with E-state index in [4.69, 9.17) is 4.52 Å². The van der Waals surface area contributed by atoms with Gasteiger partial charge in [0.15, 0.2) is 11.5 Å². The third-order valence-electron chi connectivity index (χ3n) is 4.83. The second kappa shape index (κ2) is 8.30. The van der Waals surface area contributed by atoms with Gasteiger partial charge < -0.3 is 15.2 Å². The summed E-state index contributed by atoms with van der Waals surface area (Å²) in [6, 6.07) is 9.77. The summed E-state index contributed by atoms with van der Waals surface area (Å²) in [4.78, 5) is 16.9. The van der Waals surface area contributed by atoms with E-state index < -0.39 is 6.04 Å². The highest BCUT2D eigenvalue weighted by atomic mass is 16.5. The molecule has 1 unspecified atom stereocenters. The molecule has 1 fully saturated rings. The van der Waals surface area contributed by atoms with Crippen molar-refractivity contribution in [3.8, 4) is 0 Å². The smallest absolute Gasteiger partial charge is 0.274 e. The number of amides is 1. The molecule has 1 aliphatic heterocycles. The van der Waals surface area contributed by atoms with Gasteiger partial charge in [0, 0.05) is 6.42 Å². The second-order valence-corrected chi connectivity index (χ2v) is 6.97. The maximum Gasteiger partial charge on any atom is 0.274 e. The van der Waals surface area contributed by atoms with Crippen LogP contribution in [0, 0.1) is 0 Å². The largest absolute Gasteiger partial charge is 0.339 e. The van der Waals surface area contributed by atoms with E-state index in [2.05, 4.69) is 31.1 Å². The molecule has 28 heavy (non-hydrogen) atoms. The summed E-state index contributed by atoms with van der Waals surface area (Å²) in [7, 11) is 0. The Morgan fingerprint density at radius 2 is 2.11 bits per heavy atom. The molecule has 2 aromatic heterocycles. The average Bonchev–Trinajstić information content (AvgIpc) is 3.39. The number of benzene rings is 1. The van der Waals surface area contributed by atoms with Gasteiger partial charge in [0.05, 0.1) is 12.2 Å². The molecular formula is C19H23N7O2. The van der Waals surface area contributed by atoms with E-state index in [0.717, 1.165) is 31.5 Å². The molecule has 0 aliphatic carbocycles. The zero-order valence-electron chi connectivity index (χ0n) is 15.7. The number of hydrogen-bond acceptors (Lipinski definition) is 7. The van der Waals surface area contributed by atoms with Crippen LogP contribution in [0.5, 0.6) is 0 Å². The van der Waals surface area contributed by atoms with Gasteiger partial charge in [-0.2, -0.15) is 4.98 Å². The first kappa shape index (κ1) is 18.3. The maximum absolute atomic E-state index is 12.5. The molecule has 146 valence electrons. The van der Waals surface area contributed by atoms with Crippen LogP contribution in [0.4, 0.5) is 0 Å². The van der Waals surface area contributed by atoms with Crippen LogP contribution < -0.4 is 10.6 Å². The van der Waals surface area contributed by atoms with Crippen molar-refractivity contribution in [3.05, 3.63) is 59.5 Å². The highest BCUT2D eigenvalue weighted by molar-refractivity contribution is 5.92. The van der Waals surface area contributed by atoms with Gasteiger partial charge in [0.25, 0.3) is 5.91 Å². The molecule has 1 aromatic carbocycles. The first-order chi connectivity index (χ1) is 13.7. The number of hydrogen-bond donors (Lipinski definition) is 2. The molecule has 3 heterocycles. The summed E-state index contributed by atoms with van der Waals surface area (Å²) in [5.41, 5.74) is 1.38. The number of carbonyl (C=O) groups is 1. The van der Waals surface area contributed by atoms with Crippen LogP contribution in [-0.4, -0.2) is 44.1 Å². The Labute approximate surface area is 162 Å². The Kier molecular flexibility index (Phi) is 5.43. The lowest BCUT2D eigenvalue weighted by molar-refractivity contribution is 0.0927. The highest BCUT2D eigenvalue weighted by Crippen LogP contribution is 2.17. The maximum atomic E-state index is 12.5. The van der Waals surface area contributed by atoms with Crippen molar-refractivity contribution in [1.82, 2.24) is 35.8 Å². The van der Waals surface area contributed by atoms with Crippen LogP contribution in [0.2, 0.25) is 0 Å². The zero-order chi connectivity index (χ0) is 19.3. The van der Waals surface area contributed by atoms with Crippen LogP contribution >= 0.6 is 0 Å². The molecule has 1 saturated heterocycles. The Bertz CT molecular complexity index is 915. The Morgan fingerprint density at radius 1 is 1.32 bits per heavy atom. The predicted octanol–water partition coefficient (Wildman–Crippen LogP) is 1.67. The topological polar surface area (TPSA) is 111 Å². The number of nitrogens with one attached hydrogen (secondary N) is 2. The van der Waals surface area contributed by atoms with Crippen molar-refractivity contribution in [1.29, 1.82) is 0 Å². The van der Waals surface area contributed by atoms with Crippen LogP contribution in [0.25, 0.3) is 0 Å². The van der Waals surface area contributed by atoms with E-state index in [1.807, 2.05) is 30.3 Å². The lowest BCUT2D eigenvalue weighted by Gasteiger charge is -2.22. The molecule has 3 aromatic rings. The van der Waals surface area contributed by atoms with Gasteiger partial charge in [-0.1, -0.05) is 40.7 Å². The lowest BCUT2D eigenvalue weighted by Crippen LogP contribution is -2.29. The summed E-state index contributed by atoms with van der Waals surface area (Å²) in [6.07, 6.45) is 4.24. The fourth-order valence-electron chi connectivity index (χ4n) is 3.26. The molecule has 0 radical (unpaired) electrons. The summed E-state index contributed by atoms with van der Waals surface area (Å²) >= 11 is 0. The van der Waals surface area contributed by atoms with E-state index in [1.54, 1.807) is 17.8 Å². The summed E-state index contributed by atoms with van der Waals surface area (Å²) in [5, 5.41) is 18.3. The minimum absolute atomic E-state index is 0.282. The van der Waals surface area contributed by atoms with Gasteiger partial charge in [-0.05, 0) is 38.4 Å². The standard InChI is InChI=1S/C19H23N7O2/c1-13(19-22-17(24-28-19)11-14-5-3-2-4-6-14)21-18(27)16-12-26(25-23-16)15-7-9-20-10-8-15/h2-6,12-13,15,20H,7-11H2,1H3,(H,21,27). The van der Waals surface area contributed by atoms with Crippen LogP contribution in [0.15, 0.2) is 41.1 Å². The van der Waals surface area contributed by atoms with Crippen molar-refractivity contribution in [2.24, 2.45) is 0 Å². The van der Waals surface area contributed by atoms with Crippen LogP contribution in [0.1, 0.15) is 59.6 Å². The first-order valence-corrected chi connectivity index (χ1v) is 9.49. The van der Waals surface area contributed by atoms with Crippen molar-refractivity contribution in [3.63, 3.8) is 0 Å². The number of nitrogens with zero attached hydrogens (tertiary/aromatic N) is 5. The van der Waals surface area contributed by atoms with Crippen molar-refractivity contribution in [2.75, 3.05) is 13.1 Å². The van der Waals surface area contributed by atoms with Gasteiger partial charge in [-0.15, -0.1) is 5.10 Å². The molecule has 0 spiro atoms. The quantitative estimate of drug-likeness (QED) is 0.668. The molecule has 1 aliphatic rings. The third kappa shape index (κ3) is 4.25. The second-order valence-electron chi connectivity index (χ2n) is 6.97. The average molecular weight is 381 g/mol. The predicted molar refractivity (Wildman–Crippen MR) is 101 cm³/mol. The molecule has 2 N–H and O–H groups in total. The molecular weight excluding hydrogens is 358 g/mol. The Hall–Kier alpha value is -3.07. The van der Waals surface area contributed by atoms with Crippen molar-refractivity contribution < 1.29 is 9.32 Å². The fraction of sp³-hybridized carbons (Fsp3) is 0.421. The molecule has 0 saturated carbocycles. The van der Waals surface area contributed by atoms with Gasteiger partial charge in [-0.25, -0.2) is 4.68 Å². The lowest BCUT2D eigenvalue weighted by atomic mass is 10.1. The van der Waals surface area contributed by atoms with Gasteiger partial charge in [-0.3, -0.25) is 4.79 Å². The molecule has 1 amide bonds. The van der Waals surface area contributed by atoms with E-state index in [0.29, 0.717) is 18.1 Å². The first-order valence-electron chi connectivity index (χ1n) is 9.49. The van der Waals surface area contributed by atoms with E-state index in [9.17, 15) is 4.79 Å². The highest BCUT2D eigenvalue weighted by Gasteiger charge is 2.22. The van der Waals surface area contributed by atoms with E-state index in [1.165, 1.54) is 0 Å². The monoisotopic (exact) mass is 381 g/mol. The minimum Gasteiger partial charge on any atom is -0.339 e. The van der Waals surface area contributed by atoms with Crippen molar-refractivity contribution in [2.45, 2.75) is 38.3 Å². The van der Waals surface area contributed by atoms with E-state index >= 15 is 0 Å². The third-order valence-corrected chi connectivity index (χ3v) is 4.83. The Balaban J connectivity index is 1.36. The number of piperidine rings is 1. The number of rotatable bonds is 6. The number of carbonyl (C=O) groups excluding carboxylic acids is 1. The molecule has 4 rings (SSSR count). The fourth-order valence-corrected chi connectivity index (χ4v) is 3.26. The van der Waals surface area contributed by atoms with Gasteiger partial charge in [0.1, 0.15) is 6.04 Å². The normalized spacial score (nSPS) is 16.0. The molecule has 9 heteroatoms.